The van der Waals surface area contributed by atoms with E-state index in [1.165, 1.54) is 6.07 Å². The number of halogens is 2. The van der Waals surface area contributed by atoms with E-state index in [1.54, 1.807) is 10.7 Å². The van der Waals surface area contributed by atoms with Crippen LogP contribution in [0.25, 0.3) is 0 Å². The van der Waals surface area contributed by atoms with Gasteiger partial charge in [0, 0.05) is 23.9 Å². The molecule has 1 N–H and O–H groups in total. The van der Waals surface area contributed by atoms with Crippen molar-refractivity contribution in [2.24, 2.45) is 7.05 Å². The van der Waals surface area contributed by atoms with E-state index in [2.05, 4.69) is 10.4 Å². The fourth-order valence-corrected chi connectivity index (χ4v) is 2.61. The second kappa shape index (κ2) is 6.35. The summed E-state index contributed by atoms with van der Waals surface area (Å²) in [6.45, 7) is 6.58. The first-order valence-electron chi connectivity index (χ1n) is 7.14. The number of aryl methyl sites for hydroxylation is 2. The SMILES string of the molecule is CCCNC(c1cccc(F)c1F)c1c(C)nn(C)c1C. The highest BCUT2D eigenvalue weighted by Crippen LogP contribution is 2.29. The van der Waals surface area contributed by atoms with E-state index in [4.69, 9.17) is 0 Å². The van der Waals surface area contributed by atoms with E-state index in [1.807, 2.05) is 27.8 Å². The molecule has 1 atom stereocenters. The van der Waals surface area contributed by atoms with Crippen molar-refractivity contribution >= 4 is 0 Å². The van der Waals surface area contributed by atoms with Crippen LogP contribution in [0.2, 0.25) is 0 Å². The van der Waals surface area contributed by atoms with Gasteiger partial charge in [-0.3, -0.25) is 4.68 Å². The van der Waals surface area contributed by atoms with E-state index in [0.717, 1.165) is 29.4 Å². The van der Waals surface area contributed by atoms with Crippen molar-refractivity contribution in [2.75, 3.05) is 6.54 Å². The molecule has 0 radical (unpaired) electrons. The molecule has 114 valence electrons. The Morgan fingerprint density at radius 1 is 1.29 bits per heavy atom. The van der Waals surface area contributed by atoms with Gasteiger partial charge in [0.1, 0.15) is 0 Å². The summed E-state index contributed by atoms with van der Waals surface area (Å²) in [7, 11) is 1.85. The normalized spacial score (nSPS) is 12.7. The number of aromatic nitrogens is 2. The van der Waals surface area contributed by atoms with Crippen molar-refractivity contribution in [3.63, 3.8) is 0 Å². The highest BCUT2D eigenvalue weighted by molar-refractivity contribution is 5.38. The Morgan fingerprint density at radius 2 is 2.00 bits per heavy atom. The molecular formula is C16H21F2N3. The van der Waals surface area contributed by atoms with Gasteiger partial charge in [-0.15, -0.1) is 0 Å². The summed E-state index contributed by atoms with van der Waals surface area (Å²) in [6, 6.07) is 3.90. The van der Waals surface area contributed by atoms with Gasteiger partial charge in [0.15, 0.2) is 11.6 Å². The fourth-order valence-electron chi connectivity index (χ4n) is 2.61. The molecule has 21 heavy (non-hydrogen) atoms. The number of benzene rings is 1. The first-order chi connectivity index (χ1) is 9.97. The minimum absolute atomic E-state index is 0.322. The topological polar surface area (TPSA) is 29.9 Å². The third kappa shape index (κ3) is 2.97. The molecule has 0 aliphatic rings. The molecular weight excluding hydrogens is 272 g/mol. The number of rotatable bonds is 5. The van der Waals surface area contributed by atoms with Crippen LogP contribution in [0.15, 0.2) is 18.2 Å². The Kier molecular flexibility index (Phi) is 4.73. The van der Waals surface area contributed by atoms with Crippen molar-refractivity contribution < 1.29 is 8.78 Å². The van der Waals surface area contributed by atoms with Crippen LogP contribution < -0.4 is 5.32 Å². The summed E-state index contributed by atoms with van der Waals surface area (Å²) in [5, 5.41) is 7.68. The van der Waals surface area contributed by atoms with E-state index < -0.39 is 17.7 Å². The van der Waals surface area contributed by atoms with Crippen LogP contribution in [0.1, 0.15) is 41.9 Å². The average molecular weight is 293 g/mol. The zero-order valence-electron chi connectivity index (χ0n) is 12.9. The minimum atomic E-state index is -0.824. The molecule has 1 aromatic carbocycles. The molecule has 1 heterocycles. The van der Waals surface area contributed by atoms with E-state index >= 15 is 0 Å². The molecule has 0 spiro atoms. The second-order valence-corrected chi connectivity index (χ2v) is 5.24. The standard InChI is InChI=1S/C16H21F2N3/c1-5-9-19-16(12-7-6-8-13(17)15(12)18)14-10(2)20-21(4)11(14)3/h6-8,16,19H,5,9H2,1-4H3. The maximum Gasteiger partial charge on any atom is 0.163 e. The Balaban J connectivity index is 2.55. The van der Waals surface area contributed by atoms with E-state index in [9.17, 15) is 8.78 Å². The lowest BCUT2D eigenvalue weighted by Gasteiger charge is -2.20. The molecule has 0 amide bonds. The summed E-state index contributed by atoms with van der Waals surface area (Å²) < 4.78 is 29.5. The van der Waals surface area contributed by atoms with Gasteiger partial charge < -0.3 is 5.32 Å². The largest absolute Gasteiger partial charge is 0.306 e. The smallest absolute Gasteiger partial charge is 0.163 e. The van der Waals surface area contributed by atoms with Crippen molar-refractivity contribution in [3.05, 3.63) is 52.3 Å². The highest BCUT2D eigenvalue weighted by atomic mass is 19.2. The molecule has 3 nitrogen and oxygen atoms in total. The fraction of sp³-hybridized carbons (Fsp3) is 0.438. The zero-order chi connectivity index (χ0) is 15.6. The summed E-state index contributed by atoms with van der Waals surface area (Å²) >= 11 is 0. The van der Waals surface area contributed by atoms with Gasteiger partial charge in [0.25, 0.3) is 0 Å². The van der Waals surface area contributed by atoms with Crippen LogP contribution in [-0.2, 0) is 7.05 Å². The minimum Gasteiger partial charge on any atom is -0.306 e. The number of hydrogen-bond acceptors (Lipinski definition) is 2. The third-order valence-electron chi connectivity index (χ3n) is 3.74. The molecule has 0 saturated heterocycles. The van der Waals surface area contributed by atoms with Crippen LogP contribution in [0, 0.1) is 25.5 Å². The molecule has 0 bridgehead atoms. The second-order valence-electron chi connectivity index (χ2n) is 5.24. The summed E-state index contributed by atoms with van der Waals surface area (Å²) in [4.78, 5) is 0. The molecule has 1 aromatic heterocycles. The monoisotopic (exact) mass is 293 g/mol. The molecule has 1 unspecified atom stereocenters. The predicted molar refractivity (Wildman–Crippen MR) is 79.2 cm³/mol. The molecule has 0 fully saturated rings. The van der Waals surface area contributed by atoms with Gasteiger partial charge >= 0.3 is 0 Å². The number of nitrogens with zero attached hydrogens (tertiary/aromatic N) is 2. The van der Waals surface area contributed by atoms with Crippen molar-refractivity contribution in [2.45, 2.75) is 33.2 Å². The predicted octanol–water partition coefficient (Wildman–Crippen LogP) is 3.40. The molecule has 0 aliphatic carbocycles. The van der Waals surface area contributed by atoms with Gasteiger partial charge in [-0.25, -0.2) is 8.78 Å². The van der Waals surface area contributed by atoms with Crippen LogP contribution in [0.3, 0.4) is 0 Å². The first kappa shape index (κ1) is 15.6. The van der Waals surface area contributed by atoms with Gasteiger partial charge in [-0.2, -0.15) is 5.10 Å². The molecule has 2 aromatic rings. The zero-order valence-corrected chi connectivity index (χ0v) is 12.9. The van der Waals surface area contributed by atoms with Crippen LogP contribution >= 0.6 is 0 Å². The highest BCUT2D eigenvalue weighted by Gasteiger charge is 2.25. The van der Waals surface area contributed by atoms with E-state index in [-0.39, 0.29) is 0 Å². The van der Waals surface area contributed by atoms with Crippen molar-refractivity contribution in [3.8, 4) is 0 Å². The van der Waals surface area contributed by atoms with Gasteiger partial charge in [-0.1, -0.05) is 19.1 Å². The maximum atomic E-state index is 14.2. The maximum absolute atomic E-state index is 14.2. The third-order valence-corrected chi connectivity index (χ3v) is 3.74. The Bertz CT molecular complexity index is 635. The van der Waals surface area contributed by atoms with Crippen molar-refractivity contribution in [1.29, 1.82) is 0 Å². The Morgan fingerprint density at radius 3 is 2.57 bits per heavy atom. The summed E-state index contributed by atoms with van der Waals surface area (Å²) in [5.74, 6) is -1.62. The van der Waals surface area contributed by atoms with Crippen LogP contribution in [0.5, 0.6) is 0 Å². The van der Waals surface area contributed by atoms with Gasteiger partial charge in [-0.05, 0) is 32.9 Å². The quantitative estimate of drug-likeness (QED) is 0.915. The molecule has 5 heteroatoms. The molecule has 0 saturated carbocycles. The van der Waals surface area contributed by atoms with Gasteiger partial charge in [0.05, 0.1) is 11.7 Å². The lowest BCUT2D eigenvalue weighted by atomic mass is 9.96. The van der Waals surface area contributed by atoms with Crippen LogP contribution in [-0.4, -0.2) is 16.3 Å². The van der Waals surface area contributed by atoms with Crippen LogP contribution in [0.4, 0.5) is 8.78 Å². The molecule has 0 aliphatic heterocycles. The van der Waals surface area contributed by atoms with Crippen molar-refractivity contribution in [1.82, 2.24) is 15.1 Å². The number of nitrogens with one attached hydrogen (secondary N) is 1. The summed E-state index contributed by atoms with van der Waals surface area (Å²) in [5.41, 5.74) is 3.01. The Hall–Kier alpha value is -1.75. The average Bonchev–Trinajstić information content (AvgIpc) is 2.69. The van der Waals surface area contributed by atoms with Gasteiger partial charge in [0.2, 0.25) is 0 Å². The Labute approximate surface area is 124 Å². The first-order valence-corrected chi connectivity index (χ1v) is 7.14. The number of hydrogen-bond donors (Lipinski definition) is 1. The molecule has 2 rings (SSSR count). The summed E-state index contributed by atoms with van der Waals surface area (Å²) in [6.07, 6.45) is 0.909. The lowest BCUT2D eigenvalue weighted by Crippen LogP contribution is -2.25. The van der Waals surface area contributed by atoms with E-state index in [0.29, 0.717) is 12.1 Å². The lowest BCUT2D eigenvalue weighted by molar-refractivity contribution is 0.479.